The molecule has 1 heterocycles. The Labute approximate surface area is 133 Å². The first-order chi connectivity index (χ1) is 10.2. The summed E-state index contributed by atoms with van der Waals surface area (Å²) in [4.78, 5) is 0. The minimum atomic E-state index is 0.423. The minimum absolute atomic E-state index is 0.423. The Morgan fingerprint density at radius 1 is 1.48 bits per heavy atom. The van der Waals surface area contributed by atoms with Gasteiger partial charge in [-0.1, -0.05) is 11.6 Å². The first-order valence-corrected chi connectivity index (χ1v) is 7.14. The molecule has 2 N–H and O–H groups in total. The van der Waals surface area contributed by atoms with Crippen LogP contribution in [0.2, 0.25) is 5.02 Å². The van der Waals surface area contributed by atoms with Crippen LogP contribution in [0.1, 0.15) is 5.56 Å². The number of hydrogen-bond acceptors (Lipinski definition) is 5. The molecule has 0 saturated carbocycles. The molecule has 6 nitrogen and oxygen atoms in total. The van der Waals surface area contributed by atoms with E-state index in [0.717, 1.165) is 5.56 Å². The Morgan fingerprint density at radius 3 is 3.10 bits per heavy atom. The molecule has 2 rings (SSSR count). The van der Waals surface area contributed by atoms with Gasteiger partial charge in [-0.05, 0) is 29.9 Å². The molecule has 0 aromatic heterocycles. The van der Waals surface area contributed by atoms with Gasteiger partial charge in [0.1, 0.15) is 13.2 Å². The number of methoxy groups -OCH3 is 1. The Hall–Kier alpha value is -1.57. The number of hydrazone groups is 1. The maximum absolute atomic E-state index is 6.13. The quantitative estimate of drug-likeness (QED) is 0.370. The SMILES string of the molecule is COCCNC(=S)N/N=C\c1cc(Cl)c2c(c1)OCCO2. The van der Waals surface area contributed by atoms with E-state index in [9.17, 15) is 0 Å². The fourth-order valence-corrected chi connectivity index (χ4v) is 2.11. The number of nitrogens with zero attached hydrogens (tertiary/aromatic N) is 1. The molecule has 1 aromatic carbocycles. The zero-order valence-electron chi connectivity index (χ0n) is 11.5. The van der Waals surface area contributed by atoms with Crippen LogP contribution in [0.5, 0.6) is 11.5 Å². The summed E-state index contributed by atoms with van der Waals surface area (Å²) in [6, 6.07) is 3.56. The van der Waals surface area contributed by atoms with Gasteiger partial charge in [0.15, 0.2) is 16.6 Å². The molecule has 0 fully saturated rings. The summed E-state index contributed by atoms with van der Waals surface area (Å²) in [5, 5.41) is 7.90. The number of halogens is 1. The van der Waals surface area contributed by atoms with Crippen molar-refractivity contribution < 1.29 is 14.2 Å². The van der Waals surface area contributed by atoms with Crippen molar-refractivity contribution in [1.82, 2.24) is 10.7 Å². The summed E-state index contributed by atoms with van der Waals surface area (Å²) in [5.74, 6) is 1.20. The maximum atomic E-state index is 6.13. The van der Waals surface area contributed by atoms with Crippen LogP contribution in [0.15, 0.2) is 17.2 Å². The molecule has 0 atom stereocenters. The molecule has 0 radical (unpaired) electrons. The van der Waals surface area contributed by atoms with Gasteiger partial charge in [0.25, 0.3) is 0 Å². The minimum Gasteiger partial charge on any atom is -0.486 e. The van der Waals surface area contributed by atoms with Gasteiger partial charge in [0, 0.05) is 13.7 Å². The Balaban J connectivity index is 1.92. The lowest BCUT2D eigenvalue weighted by Gasteiger charge is -2.19. The van der Waals surface area contributed by atoms with Gasteiger partial charge in [-0.3, -0.25) is 5.43 Å². The largest absolute Gasteiger partial charge is 0.486 e. The third-order valence-electron chi connectivity index (χ3n) is 2.59. The van der Waals surface area contributed by atoms with Gasteiger partial charge in [-0.25, -0.2) is 0 Å². The van der Waals surface area contributed by atoms with Gasteiger partial charge in [-0.2, -0.15) is 5.10 Å². The monoisotopic (exact) mass is 329 g/mol. The lowest BCUT2D eigenvalue weighted by atomic mass is 10.2. The number of ether oxygens (including phenoxy) is 3. The summed E-state index contributed by atoms with van der Waals surface area (Å²) in [6.45, 7) is 2.20. The van der Waals surface area contributed by atoms with E-state index in [4.69, 9.17) is 38.0 Å². The summed E-state index contributed by atoms with van der Waals surface area (Å²) in [7, 11) is 1.63. The van der Waals surface area contributed by atoms with Crippen molar-refractivity contribution in [2.24, 2.45) is 5.10 Å². The van der Waals surface area contributed by atoms with Crippen molar-refractivity contribution in [3.05, 3.63) is 22.7 Å². The fourth-order valence-electron chi connectivity index (χ4n) is 1.68. The van der Waals surface area contributed by atoms with E-state index in [1.807, 2.05) is 6.07 Å². The number of hydrogen-bond donors (Lipinski definition) is 2. The molecule has 1 aliphatic rings. The summed E-state index contributed by atoms with van der Waals surface area (Å²) in [6.07, 6.45) is 1.61. The van der Waals surface area contributed by atoms with E-state index >= 15 is 0 Å². The predicted octanol–water partition coefficient (Wildman–Crippen LogP) is 1.56. The zero-order valence-corrected chi connectivity index (χ0v) is 13.1. The van der Waals surface area contributed by atoms with Gasteiger partial charge < -0.3 is 19.5 Å². The molecule has 114 valence electrons. The van der Waals surface area contributed by atoms with Crippen LogP contribution >= 0.6 is 23.8 Å². The highest BCUT2D eigenvalue weighted by molar-refractivity contribution is 7.80. The molecule has 0 amide bonds. The van der Waals surface area contributed by atoms with E-state index in [-0.39, 0.29) is 0 Å². The number of nitrogens with one attached hydrogen (secondary N) is 2. The Bertz CT molecular complexity index is 540. The molecule has 0 bridgehead atoms. The van der Waals surface area contributed by atoms with Crippen molar-refractivity contribution in [3.63, 3.8) is 0 Å². The first kappa shape index (κ1) is 15.8. The third-order valence-corrected chi connectivity index (χ3v) is 3.11. The number of fused-ring (bicyclic) bond motifs is 1. The topological polar surface area (TPSA) is 64.1 Å². The second-order valence-corrected chi connectivity index (χ2v) is 4.96. The van der Waals surface area contributed by atoms with Crippen LogP contribution in [0, 0.1) is 0 Å². The standard InChI is InChI=1S/C13H16ClN3O3S/c1-18-3-2-15-13(21)17-16-8-9-6-10(14)12-11(7-9)19-4-5-20-12/h6-8H,2-5H2,1H3,(H2,15,17,21)/b16-8-. The van der Waals surface area contributed by atoms with E-state index in [2.05, 4.69) is 15.8 Å². The van der Waals surface area contributed by atoms with E-state index in [1.54, 1.807) is 19.4 Å². The molecule has 0 aliphatic carbocycles. The Morgan fingerprint density at radius 2 is 2.29 bits per heavy atom. The average Bonchev–Trinajstić information content (AvgIpc) is 2.48. The smallest absolute Gasteiger partial charge is 0.187 e. The second-order valence-electron chi connectivity index (χ2n) is 4.15. The normalized spacial score (nSPS) is 13.2. The van der Waals surface area contributed by atoms with Crippen LogP contribution in [-0.4, -0.2) is 44.8 Å². The van der Waals surface area contributed by atoms with Crippen molar-refractivity contribution in [2.75, 3.05) is 33.5 Å². The summed E-state index contributed by atoms with van der Waals surface area (Å²) >= 11 is 11.2. The van der Waals surface area contributed by atoms with E-state index in [1.165, 1.54) is 0 Å². The van der Waals surface area contributed by atoms with Crippen molar-refractivity contribution in [3.8, 4) is 11.5 Å². The number of benzene rings is 1. The molecule has 0 spiro atoms. The number of thiocarbonyl (C=S) groups is 1. The highest BCUT2D eigenvalue weighted by Crippen LogP contribution is 2.37. The molecule has 0 saturated heterocycles. The molecule has 8 heteroatoms. The third kappa shape index (κ3) is 4.73. The fraction of sp³-hybridized carbons (Fsp3) is 0.385. The van der Waals surface area contributed by atoms with E-state index in [0.29, 0.717) is 48.0 Å². The zero-order chi connectivity index (χ0) is 15.1. The molecule has 21 heavy (non-hydrogen) atoms. The van der Waals surface area contributed by atoms with Crippen molar-refractivity contribution in [2.45, 2.75) is 0 Å². The van der Waals surface area contributed by atoms with Crippen LogP contribution < -0.4 is 20.2 Å². The van der Waals surface area contributed by atoms with Gasteiger partial charge in [0.05, 0.1) is 17.8 Å². The molecular formula is C13H16ClN3O3S. The van der Waals surface area contributed by atoms with Gasteiger partial charge in [-0.15, -0.1) is 0 Å². The second kappa shape index (κ2) is 8.02. The highest BCUT2D eigenvalue weighted by atomic mass is 35.5. The maximum Gasteiger partial charge on any atom is 0.187 e. The van der Waals surface area contributed by atoms with Crippen molar-refractivity contribution in [1.29, 1.82) is 0 Å². The van der Waals surface area contributed by atoms with Crippen molar-refractivity contribution >= 4 is 35.1 Å². The van der Waals surface area contributed by atoms with Crippen LogP contribution in [0.25, 0.3) is 0 Å². The molecule has 0 unspecified atom stereocenters. The van der Waals surface area contributed by atoms with Crippen LogP contribution in [0.3, 0.4) is 0 Å². The lowest BCUT2D eigenvalue weighted by Crippen LogP contribution is -2.34. The summed E-state index contributed by atoms with van der Waals surface area (Å²) < 4.78 is 15.8. The number of rotatable bonds is 5. The van der Waals surface area contributed by atoms with Crippen LogP contribution in [-0.2, 0) is 4.74 Å². The first-order valence-electron chi connectivity index (χ1n) is 6.35. The van der Waals surface area contributed by atoms with Gasteiger partial charge in [0.2, 0.25) is 0 Å². The van der Waals surface area contributed by atoms with Crippen LogP contribution in [0.4, 0.5) is 0 Å². The average molecular weight is 330 g/mol. The Kier molecular flexibility index (Phi) is 6.04. The summed E-state index contributed by atoms with van der Waals surface area (Å²) in [5.41, 5.74) is 3.50. The molecular weight excluding hydrogens is 314 g/mol. The highest BCUT2D eigenvalue weighted by Gasteiger charge is 2.15. The molecule has 1 aliphatic heterocycles. The lowest BCUT2D eigenvalue weighted by molar-refractivity contribution is 0.171. The molecule has 1 aromatic rings. The predicted molar refractivity (Wildman–Crippen MR) is 85.6 cm³/mol. The van der Waals surface area contributed by atoms with E-state index < -0.39 is 0 Å². The van der Waals surface area contributed by atoms with Gasteiger partial charge >= 0.3 is 0 Å².